The highest BCUT2D eigenvalue weighted by atomic mass is 16.6. The van der Waals surface area contributed by atoms with Crippen molar-refractivity contribution in [2.24, 2.45) is 0 Å². The zero-order chi connectivity index (χ0) is 20.7. The summed E-state index contributed by atoms with van der Waals surface area (Å²) >= 11 is 0. The third-order valence-corrected chi connectivity index (χ3v) is 3.69. The minimum absolute atomic E-state index is 0.00398. The second kappa shape index (κ2) is 9.36. The second-order valence-electron chi connectivity index (χ2n) is 5.61. The number of anilines is 1. The van der Waals surface area contributed by atoms with Crippen LogP contribution < -0.4 is 14.8 Å². The minimum atomic E-state index is -1.04. The van der Waals surface area contributed by atoms with E-state index < -0.39 is 28.6 Å². The lowest BCUT2D eigenvalue weighted by Crippen LogP contribution is -2.30. The molecule has 2 aromatic rings. The lowest BCUT2D eigenvalue weighted by molar-refractivity contribution is -0.386. The van der Waals surface area contributed by atoms with Crippen LogP contribution in [-0.2, 0) is 9.53 Å². The molecule has 0 aliphatic rings. The number of hydrogen-bond acceptors (Lipinski definition) is 7. The Labute approximate surface area is 161 Å². The molecule has 0 fully saturated rings. The summed E-state index contributed by atoms with van der Waals surface area (Å²) in [5, 5.41) is 14.0. The molecule has 0 unspecified atom stereocenters. The SMILES string of the molecule is CCOc1ccccc1NC(=O)[C@H](C)Oc1ccc(C(=O)OC)cc1[N+](=O)[O-]. The van der Waals surface area contributed by atoms with Crippen molar-refractivity contribution in [1.29, 1.82) is 0 Å². The maximum atomic E-state index is 12.4. The lowest BCUT2D eigenvalue weighted by Gasteiger charge is -2.16. The number of rotatable bonds is 8. The largest absolute Gasteiger partial charge is 0.492 e. The summed E-state index contributed by atoms with van der Waals surface area (Å²) in [5.41, 5.74) is 0.0156. The van der Waals surface area contributed by atoms with E-state index in [2.05, 4.69) is 10.1 Å². The first kappa shape index (κ1) is 20.7. The number of carbonyl (C=O) groups excluding carboxylic acids is 2. The number of nitro benzene ring substituents is 1. The van der Waals surface area contributed by atoms with Crippen molar-refractivity contribution < 1.29 is 28.7 Å². The molecular weight excluding hydrogens is 368 g/mol. The van der Waals surface area contributed by atoms with Crippen LogP contribution in [0.1, 0.15) is 24.2 Å². The molecule has 9 heteroatoms. The van der Waals surface area contributed by atoms with Crippen LogP contribution in [0.4, 0.5) is 11.4 Å². The van der Waals surface area contributed by atoms with Crippen molar-refractivity contribution >= 4 is 23.3 Å². The fourth-order valence-electron chi connectivity index (χ4n) is 2.33. The molecule has 9 nitrogen and oxygen atoms in total. The number of amides is 1. The molecule has 2 rings (SSSR count). The smallest absolute Gasteiger partial charge is 0.338 e. The van der Waals surface area contributed by atoms with Crippen molar-refractivity contribution in [3.8, 4) is 11.5 Å². The van der Waals surface area contributed by atoms with Gasteiger partial charge in [0.1, 0.15) is 5.75 Å². The number of methoxy groups -OCH3 is 1. The van der Waals surface area contributed by atoms with Crippen LogP contribution in [0.5, 0.6) is 11.5 Å². The predicted octanol–water partition coefficient (Wildman–Crippen LogP) is 3.19. The van der Waals surface area contributed by atoms with Crippen LogP contribution in [0, 0.1) is 10.1 Å². The highest BCUT2D eigenvalue weighted by molar-refractivity contribution is 5.95. The van der Waals surface area contributed by atoms with Gasteiger partial charge in [0.15, 0.2) is 11.9 Å². The standard InChI is InChI=1S/C19H20N2O7/c1-4-27-16-8-6-5-7-14(16)20-18(22)12(2)28-17-10-9-13(19(23)26-3)11-15(17)21(24)25/h5-12H,4H2,1-3H3,(H,20,22)/t12-/m0/s1. The molecule has 0 bridgehead atoms. The van der Waals surface area contributed by atoms with Crippen LogP contribution in [0.25, 0.3) is 0 Å². The molecule has 1 N–H and O–H groups in total. The van der Waals surface area contributed by atoms with Gasteiger partial charge in [-0.25, -0.2) is 4.79 Å². The van der Waals surface area contributed by atoms with Crippen molar-refractivity contribution in [2.45, 2.75) is 20.0 Å². The van der Waals surface area contributed by atoms with E-state index >= 15 is 0 Å². The van der Waals surface area contributed by atoms with Crippen molar-refractivity contribution in [2.75, 3.05) is 19.0 Å². The Hall–Kier alpha value is -3.62. The molecule has 0 aliphatic carbocycles. The first-order chi connectivity index (χ1) is 13.4. The van der Waals surface area contributed by atoms with Crippen LogP contribution in [0.2, 0.25) is 0 Å². The molecular formula is C19H20N2O7. The van der Waals surface area contributed by atoms with E-state index in [1.165, 1.54) is 26.2 Å². The van der Waals surface area contributed by atoms with Gasteiger partial charge in [0.2, 0.25) is 0 Å². The fourth-order valence-corrected chi connectivity index (χ4v) is 2.33. The molecule has 1 atom stereocenters. The van der Waals surface area contributed by atoms with Gasteiger partial charge in [0.05, 0.1) is 29.9 Å². The molecule has 1 amide bonds. The van der Waals surface area contributed by atoms with Crippen molar-refractivity contribution in [1.82, 2.24) is 0 Å². The Morgan fingerprint density at radius 3 is 2.54 bits per heavy atom. The fraction of sp³-hybridized carbons (Fsp3) is 0.263. The van der Waals surface area contributed by atoms with E-state index in [1.54, 1.807) is 24.3 Å². The molecule has 0 heterocycles. The summed E-state index contributed by atoms with van der Waals surface area (Å²) in [5.74, 6) is -0.871. The summed E-state index contributed by atoms with van der Waals surface area (Å²) in [6.45, 7) is 3.70. The molecule has 0 spiro atoms. The molecule has 0 radical (unpaired) electrons. The molecule has 0 aliphatic heterocycles. The van der Waals surface area contributed by atoms with Crippen molar-refractivity contribution in [3.05, 3.63) is 58.1 Å². The number of nitro groups is 1. The number of carbonyl (C=O) groups is 2. The number of benzene rings is 2. The number of para-hydroxylation sites is 2. The average Bonchev–Trinajstić information content (AvgIpc) is 2.69. The molecule has 0 aromatic heterocycles. The molecule has 0 saturated carbocycles. The number of hydrogen-bond donors (Lipinski definition) is 1. The molecule has 0 saturated heterocycles. The molecule has 148 valence electrons. The molecule has 2 aromatic carbocycles. The average molecular weight is 388 g/mol. The third kappa shape index (κ3) is 4.97. The lowest BCUT2D eigenvalue weighted by atomic mass is 10.2. The Kier molecular flexibility index (Phi) is 6.91. The van der Waals surface area contributed by atoms with Gasteiger partial charge < -0.3 is 19.5 Å². The van der Waals surface area contributed by atoms with Gasteiger partial charge >= 0.3 is 11.7 Å². The number of ether oxygens (including phenoxy) is 3. The van der Waals surface area contributed by atoms with E-state index in [0.29, 0.717) is 18.0 Å². The first-order valence-corrected chi connectivity index (χ1v) is 8.43. The second-order valence-corrected chi connectivity index (χ2v) is 5.61. The summed E-state index contributed by atoms with van der Waals surface area (Å²) in [4.78, 5) is 34.6. The van der Waals surface area contributed by atoms with E-state index in [-0.39, 0.29) is 11.3 Å². The highest BCUT2D eigenvalue weighted by Gasteiger charge is 2.24. The highest BCUT2D eigenvalue weighted by Crippen LogP contribution is 2.30. The first-order valence-electron chi connectivity index (χ1n) is 8.43. The van der Waals surface area contributed by atoms with E-state index in [1.807, 2.05) is 6.92 Å². The Morgan fingerprint density at radius 1 is 1.18 bits per heavy atom. The van der Waals surface area contributed by atoms with Crippen molar-refractivity contribution in [3.63, 3.8) is 0 Å². The van der Waals surface area contributed by atoms with Crippen LogP contribution in [-0.4, -0.2) is 36.6 Å². The van der Waals surface area contributed by atoms with E-state index in [0.717, 1.165) is 6.07 Å². The van der Waals surface area contributed by atoms with Gasteiger partial charge in [-0.2, -0.15) is 0 Å². The Bertz CT molecular complexity index is 882. The minimum Gasteiger partial charge on any atom is -0.492 e. The third-order valence-electron chi connectivity index (χ3n) is 3.69. The topological polar surface area (TPSA) is 117 Å². The summed E-state index contributed by atoms with van der Waals surface area (Å²) in [6.07, 6.45) is -1.04. The zero-order valence-corrected chi connectivity index (χ0v) is 15.6. The van der Waals surface area contributed by atoms with Gasteiger partial charge in [-0.1, -0.05) is 12.1 Å². The Balaban J connectivity index is 2.18. The maximum Gasteiger partial charge on any atom is 0.338 e. The Morgan fingerprint density at radius 2 is 1.89 bits per heavy atom. The van der Waals surface area contributed by atoms with Gasteiger partial charge in [-0.05, 0) is 38.1 Å². The summed E-state index contributed by atoms with van der Waals surface area (Å²) < 4.78 is 15.5. The number of nitrogens with one attached hydrogen (secondary N) is 1. The van der Waals surface area contributed by atoms with E-state index in [9.17, 15) is 19.7 Å². The van der Waals surface area contributed by atoms with Crippen LogP contribution in [0.15, 0.2) is 42.5 Å². The van der Waals surface area contributed by atoms with Crippen LogP contribution in [0.3, 0.4) is 0 Å². The predicted molar refractivity (Wildman–Crippen MR) is 101 cm³/mol. The van der Waals surface area contributed by atoms with E-state index in [4.69, 9.17) is 9.47 Å². The van der Waals surface area contributed by atoms with Gasteiger partial charge in [0, 0.05) is 6.07 Å². The van der Waals surface area contributed by atoms with Gasteiger partial charge in [-0.3, -0.25) is 14.9 Å². The summed E-state index contributed by atoms with van der Waals surface area (Å²) in [7, 11) is 1.17. The maximum absolute atomic E-state index is 12.4. The quantitative estimate of drug-likeness (QED) is 0.419. The summed E-state index contributed by atoms with van der Waals surface area (Å²) in [6, 6.07) is 10.5. The monoisotopic (exact) mass is 388 g/mol. The van der Waals surface area contributed by atoms with Gasteiger partial charge in [0.25, 0.3) is 5.91 Å². The normalized spacial score (nSPS) is 11.2. The zero-order valence-electron chi connectivity index (χ0n) is 15.6. The number of esters is 1. The van der Waals surface area contributed by atoms with Gasteiger partial charge in [-0.15, -0.1) is 0 Å². The van der Waals surface area contributed by atoms with Crippen LogP contribution >= 0.6 is 0 Å². The number of nitrogens with zero attached hydrogens (tertiary/aromatic N) is 1. The molecule has 28 heavy (non-hydrogen) atoms.